The molecular weight excluding hydrogens is 464 g/mol. The topological polar surface area (TPSA) is 119 Å². The van der Waals surface area contributed by atoms with Gasteiger partial charge in [-0.25, -0.2) is 9.97 Å². The fourth-order valence-electron chi connectivity index (χ4n) is 4.50. The molecule has 2 heterocycles. The van der Waals surface area contributed by atoms with E-state index in [2.05, 4.69) is 15.3 Å². The van der Waals surface area contributed by atoms with Crippen molar-refractivity contribution in [2.75, 3.05) is 18.2 Å². The van der Waals surface area contributed by atoms with Gasteiger partial charge < -0.3 is 15.8 Å². The summed E-state index contributed by atoms with van der Waals surface area (Å²) in [6.07, 6.45) is 1.36. The highest BCUT2D eigenvalue weighted by molar-refractivity contribution is 6.16. The summed E-state index contributed by atoms with van der Waals surface area (Å²) >= 11 is 0. The molecule has 0 aliphatic heterocycles. The number of hydrogen-bond donors (Lipinski definition) is 3. The second-order valence-electron chi connectivity index (χ2n) is 8.56. The van der Waals surface area contributed by atoms with E-state index in [0.29, 0.717) is 39.5 Å². The Kier molecular flexibility index (Phi) is 6.38. The largest absolute Gasteiger partial charge is 0.495 e. The molecule has 0 aliphatic rings. The number of para-hydroxylation sites is 2. The summed E-state index contributed by atoms with van der Waals surface area (Å²) in [6, 6.07) is 24.5. The number of nitrogens with two attached hydrogens (primary N) is 1. The van der Waals surface area contributed by atoms with E-state index in [4.69, 9.17) is 15.9 Å². The highest BCUT2D eigenvalue weighted by Gasteiger charge is 2.19. The first-order valence-electron chi connectivity index (χ1n) is 11.8. The number of anilines is 2. The van der Waals surface area contributed by atoms with Crippen LogP contribution in [-0.2, 0) is 6.54 Å². The SMILES string of the molecule is COc1ccccc1-n1c(CNc2ncnc(N)c2C(=N)c2ccccc2)cc2cccc(C)c2c1=O. The van der Waals surface area contributed by atoms with Crippen LogP contribution >= 0.6 is 0 Å². The lowest BCUT2D eigenvalue weighted by Gasteiger charge is -2.19. The number of nitrogens with zero attached hydrogens (tertiary/aromatic N) is 3. The Labute approximate surface area is 213 Å². The van der Waals surface area contributed by atoms with Crippen LogP contribution in [0, 0.1) is 12.3 Å². The number of aryl methyl sites for hydroxylation is 1. The number of benzene rings is 3. The van der Waals surface area contributed by atoms with E-state index in [1.807, 2.05) is 85.8 Å². The molecule has 0 aliphatic carbocycles. The summed E-state index contributed by atoms with van der Waals surface area (Å²) in [4.78, 5) is 22.4. The molecule has 0 radical (unpaired) electrons. The first-order chi connectivity index (χ1) is 18.0. The minimum Gasteiger partial charge on any atom is -0.495 e. The summed E-state index contributed by atoms with van der Waals surface area (Å²) in [5, 5.41) is 13.6. The van der Waals surface area contributed by atoms with Gasteiger partial charge in [0, 0.05) is 11.3 Å². The summed E-state index contributed by atoms with van der Waals surface area (Å²) in [6.45, 7) is 2.17. The van der Waals surface area contributed by atoms with E-state index in [1.54, 1.807) is 11.7 Å². The molecule has 0 saturated carbocycles. The van der Waals surface area contributed by atoms with Crippen LogP contribution in [0.25, 0.3) is 16.5 Å². The fraction of sp³-hybridized carbons (Fsp3) is 0.103. The Morgan fingerprint density at radius 2 is 1.78 bits per heavy atom. The van der Waals surface area contributed by atoms with Crippen molar-refractivity contribution in [3.05, 3.63) is 118 Å². The van der Waals surface area contributed by atoms with Crippen molar-refractivity contribution in [3.8, 4) is 11.4 Å². The molecule has 0 saturated heterocycles. The van der Waals surface area contributed by atoms with E-state index in [1.165, 1.54) is 6.33 Å². The van der Waals surface area contributed by atoms with Crippen LogP contribution in [0.15, 0.2) is 90.0 Å². The molecule has 0 bridgehead atoms. The van der Waals surface area contributed by atoms with E-state index < -0.39 is 0 Å². The molecule has 3 aromatic carbocycles. The van der Waals surface area contributed by atoms with Gasteiger partial charge in [0.25, 0.3) is 5.56 Å². The highest BCUT2D eigenvalue weighted by atomic mass is 16.5. The number of aromatic nitrogens is 3. The zero-order valence-corrected chi connectivity index (χ0v) is 20.5. The summed E-state index contributed by atoms with van der Waals surface area (Å²) in [5.74, 6) is 1.18. The van der Waals surface area contributed by atoms with E-state index in [-0.39, 0.29) is 23.6 Å². The van der Waals surface area contributed by atoms with Crippen molar-refractivity contribution in [1.82, 2.24) is 14.5 Å². The van der Waals surface area contributed by atoms with Crippen molar-refractivity contribution in [1.29, 1.82) is 5.41 Å². The second kappa shape index (κ2) is 9.94. The molecule has 4 N–H and O–H groups in total. The van der Waals surface area contributed by atoms with Crippen LogP contribution < -0.4 is 21.3 Å². The Balaban J connectivity index is 1.63. The van der Waals surface area contributed by atoms with Crippen molar-refractivity contribution >= 4 is 28.1 Å². The standard InChI is InChI=1S/C29H26N6O2/c1-18-9-8-12-20-15-21(35(29(36)24(18)20)22-13-6-7-14-23(22)37-2)16-32-28-25(27(31)33-17-34-28)26(30)19-10-4-3-5-11-19/h3-15,17,30H,16H2,1-2H3,(H3,31,32,33,34). The van der Waals surface area contributed by atoms with Crippen molar-refractivity contribution < 1.29 is 4.74 Å². The number of rotatable bonds is 7. The van der Waals surface area contributed by atoms with Crippen LogP contribution in [0.3, 0.4) is 0 Å². The van der Waals surface area contributed by atoms with Crippen molar-refractivity contribution in [2.24, 2.45) is 0 Å². The molecule has 0 unspecified atom stereocenters. The minimum atomic E-state index is -0.142. The van der Waals surface area contributed by atoms with Gasteiger partial charge in [-0.15, -0.1) is 0 Å². The third-order valence-electron chi connectivity index (χ3n) is 6.28. The summed E-state index contributed by atoms with van der Waals surface area (Å²) in [7, 11) is 1.58. The molecule has 5 rings (SSSR count). The number of pyridine rings is 1. The van der Waals surface area contributed by atoms with Crippen molar-refractivity contribution in [3.63, 3.8) is 0 Å². The first kappa shape index (κ1) is 23.7. The zero-order valence-electron chi connectivity index (χ0n) is 20.5. The third kappa shape index (κ3) is 4.40. The van der Waals surface area contributed by atoms with Gasteiger partial charge in [0.05, 0.1) is 36.0 Å². The van der Waals surface area contributed by atoms with Gasteiger partial charge in [-0.1, -0.05) is 60.7 Å². The molecule has 2 aromatic heterocycles. The molecule has 0 amide bonds. The van der Waals surface area contributed by atoms with Crippen molar-refractivity contribution in [2.45, 2.75) is 13.5 Å². The predicted molar refractivity (Wildman–Crippen MR) is 147 cm³/mol. The van der Waals surface area contributed by atoms with Gasteiger partial charge in [-0.2, -0.15) is 0 Å². The van der Waals surface area contributed by atoms with Crippen LogP contribution in [0.4, 0.5) is 11.6 Å². The molecule has 0 spiro atoms. The number of nitrogens with one attached hydrogen (secondary N) is 2. The molecule has 8 nitrogen and oxygen atoms in total. The predicted octanol–water partition coefficient (Wildman–Crippen LogP) is 4.71. The third-order valence-corrected chi connectivity index (χ3v) is 6.28. The molecule has 0 fully saturated rings. The van der Waals surface area contributed by atoms with Gasteiger partial charge in [0.15, 0.2) is 0 Å². The number of methoxy groups -OCH3 is 1. The molecule has 0 atom stereocenters. The Morgan fingerprint density at radius 3 is 2.57 bits per heavy atom. The Morgan fingerprint density at radius 1 is 1.03 bits per heavy atom. The maximum Gasteiger partial charge on any atom is 0.263 e. The molecular formula is C29H26N6O2. The second-order valence-corrected chi connectivity index (χ2v) is 8.56. The fourth-order valence-corrected chi connectivity index (χ4v) is 4.50. The normalized spacial score (nSPS) is 10.9. The summed E-state index contributed by atoms with van der Waals surface area (Å²) in [5.41, 5.74) is 9.58. The smallest absolute Gasteiger partial charge is 0.263 e. The average molecular weight is 491 g/mol. The Bertz CT molecular complexity index is 1680. The average Bonchev–Trinajstić information content (AvgIpc) is 2.92. The molecule has 184 valence electrons. The number of hydrogen-bond acceptors (Lipinski definition) is 7. The number of fused-ring (bicyclic) bond motifs is 1. The van der Waals surface area contributed by atoms with Gasteiger partial charge in [-0.05, 0) is 36.1 Å². The minimum absolute atomic E-state index is 0.142. The lowest BCUT2D eigenvalue weighted by molar-refractivity contribution is 0.412. The van der Waals surface area contributed by atoms with Crippen LogP contribution in [0.1, 0.15) is 22.4 Å². The number of ether oxygens (including phenoxy) is 1. The van der Waals surface area contributed by atoms with Crippen LogP contribution in [0.2, 0.25) is 0 Å². The summed E-state index contributed by atoms with van der Waals surface area (Å²) < 4.78 is 7.25. The Hall–Kier alpha value is -4.98. The number of nitrogen functional groups attached to an aromatic ring is 1. The van der Waals surface area contributed by atoms with Gasteiger partial charge in [-0.3, -0.25) is 14.8 Å². The highest BCUT2D eigenvalue weighted by Crippen LogP contribution is 2.27. The van der Waals surface area contributed by atoms with E-state index in [9.17, 15) is 4.79 Å². The maximum absolute atomic E-state index is 13.9. The monoisotopic (exact) mass is 490 g/mol. The van der Waals surface area contributed by atoms with E-state index in [0.717, 1.165) is 10.9 Å². The maximum atomic E-state index is 13.9. The van der Waals surface area contributed by atoms with E-state index >= 15 is 0 Å². The van der Waals surface area contributed by atoms with Gasteiger partial charge in [0.1, 0.15) is 23.7 Å². The lowest BCUT2D eigenvalue weighted by atomic mass is 10.0. The molecule has 37 heavy (non-hydrogen) atoms. The molecule has 5 aromatic rings. The lowest BCUT2D eigenvalue weighted by Crippen LogP contribution is -2.25. The van der Waals surface area contributed by atoms with Gasteiger partial charge in [0.2, 0.25) is 0 Å². The first-order valence-corrected chi connectivity index (χ1v) is 11.8. The van der Waals surface area contributed by atoms with Crippen LogP contribution in [0.5, 0.6) is 5.75 Å². The molecule has 8 heteroatoms. The van der Waals surface area contributed by atoms with Crippen LogP contribution in [-0.4, -0.2) is 27.4 Å². The van der Waals surface area contributed by atoms with Gasteiger partial charge >= 0.3 is 0 Å². The quantitative estimate of drug-likeness (QED) is 0.284. The zero-order chi connectivity index (χ0) is 25.9.